The van der Waals surface area contributed by atoms with Gasteiger partial charge in [-0.1, -0.05) is 6.07 Å². The molecule has 0 radical (unpaired) electrons. The fourth-order valence-corrected chi connectivity index (χ4v) is 2.99. The molecule has 1 amide bonds. The summed E-state index contributed by atoms with van der Waals surface area (Å²) in [4.78, 5) is 14.1. The van der Waals surface area contributed by atoms with Gasteiger partial charge in [-0.15, -0.1) is 0 Å². The molecular weight excluding hydrogens is 317 g/mol. The zero-order chi connectivity index (χ0) is 17.9. The van der Waals surface area contributed by atoms with Gasteiger partial charge in [0.1, 0.15) is 11.9 Å². The number of aliphatic hydroxyl groups is 2. The standard InChI is InChI=1S/C16H20FN3O4/c1-10-12(2-3-14(17)13(10)6-18)15(22)8-19-4-5-20(16(23)24)7-11(19)9-21/h2-3,11,15,21-22H,4-5,7-9H2,1H3,(H,23,24). The number of hydrogen-bond donors (Lipinski definition) is 3. The summed E-state index contributed by atoms with van der Waals surface area (Å²) in [5, 5.41) is 38.0. The van der Waals surface area contributed by atoms with Gasteiger partial charge in [0, 0.05) is 26.2 Å². The maximum atomic E-state index is 13.6. The number of hydrogen-bond acceptors (Lipinski definition) is 5. The van der Waals surface area contributed by atoms with E-state index in [1.807, 2.05) is 0 Å². The van der Waals surface area contributed by atoms with Crippen LogP contribution in [0.3, 0.4) is 0 Å². The first-order chi connectivity index (χ1) is 11.4. The van der Waals surface area contributed by atoms with Crippen LogP contribution in [0.15, 0.2) is 12.1 Å². The number of β-amino-alcohol motifs (C(OH)–C–C–N with tert-alkyl or cyclic N) is 1. The van der Waals surface area contributed by atoms with E-state index in [1.165, 1.54) is 11.0 Å². The Morgan fingerprint density at radius 1 is 1.50 bits per heavy atom. The second-order valence-corrected chi connectivity index (χ2v) is 5.82. The van der Waals surface area contributed by atoms with Crippen LogP contribution in [-0.2, 0) is 0 Å². The number of carboxylic acid groups (broad SMARTS) is 1. The number of benzene rings is 1. The summed E-state index contributed by atoms with van der Waals surface area (Å²) in [5.74, 6) is -0.630. The van der Waals surface area contributed by atoms with Crippen LogP contribution in [-0.4, -0.2) is 70.0 Å². The maximum absolute atomic E-state index is 13.6. The van der Waals surface area contributed by atoms with E-state index in [-0.39, 0.29) is 31.8 Å². The van der Waals surface area contributed by atoms with E-state index in [1.54, 1.807) is 17.9 Å². The van der Waals surface area contributed by atoms with Crippen LogP contribution in [0.25, 0.3) is 0 Å². The van der Waals surface area contributed by atoms with E-state index >= 15 is 0 Å². The molecule has 1 heterocycles. The van der Waals surface area contributed by atoms with Crippen molar-refractivity contribution in [1.82, 2.24) is 9.80 Å². The van der Waals surface area contributed by atoms with Gasteiger partial charge in [0.2, 0.25) is 0 Å². The third-order valence-electron chi connectivity index (χ3n) is 4.42. The number of piperazine rings is 1. The summed E-state index contributed by atoms with van der Waals surface area (Å²) in [5.41, 5.74) is 0.737. The van der Waals surface area contributed by atoms with Gasteiger partial charge in [-0.25, -0.2) is 9.18 Å². The molecule has 3 N–H and O–H groups in total. The van der Waals surface area contributed by atoms with Crippen molar-refractivity contribution in [2.45, 2.75) is 19.1 Å². The van der Waals surface area contributed by atoms with Crippen molar-refractivity contribution in [3.8, 4) is 6.07 Å². The molecule has 0 saturated carbocycles. The second kappa shape index (κ2) is 7.57. The lowest BCUT2D eigenvalue weighted by molar-refractivity contribution is 0.0129. The van der Waals surface area contributed by atoms with Crippen LogP contribution in [0.5, 0.6) is 0 Å². The average molecular weight is 337 g/mol. The molecule has 2 atom stereocenters. The smallest absolute Gasteiger partial charge is 0.407 e. The number of nitriles is 1. The molecule has 0 spiro atoms. The molecular formula is C16H20FN3O4. The van der Waals surface area contributed by atoms with Crippen LogP contribution >= 0.6 is 0 Å². The highest BCUT2D eigenvalue weighted by atomic mass is 19.1. The van der Waals surface area contributed by atoms with E-state index in [2.05, 4.69) is 0 Å². The predicted octanol–water partition coefficient (Wildman–Crippen LogP) is 0.696. The van der Waals surface area contributed by atoms with E-state index in [4.69, 9.17) is 10.4 Å². The van der Waals surface area contributed by atoms with Crippen molar-refractivity contribution < 1.29 is 24.5 Å². The largest absolute Gasteiger partial charge is 0.465 e. The van der Waals surface area contributed by atoms with Gasteiger partial charge >= 0.3 is 6.09 Å². The fourth-order valence-electron chi connectivity index (χ4n) is 2.99. The summed E-state index contributed by atoms with van der Waals surface area (Å²) in [6.45, 7) is 2.32. The monoisotopic (exact) mass is 337 g/mol. The molecule has 2 unspecified atom stereocenters. The maximum Gasteiger partial charge on any atom is 0.407 e. The SMILES string of the molecule is Cc1c(C(O)CN2CCN(C(=O)O)CC2CO)ccc(F)c1C#N. The number of nitrogens with zero attached hydrogens (tertiary/aromatic N) is 3. The summed E-state index contributed by atoms with van der Waals surface area (Å²) >= 11 is 0. The Balaban J connectivity index is 2.14. The Hall–Kier alpha value is -2.21. The Morgan fingerprint density at radius 3 is 2.79 bits per heavy atom. The molecule has 1 aromatic rings. The average Bonchev–Trinajstić information content (AvgIpc) is 2.55. The zero-order valence-corrected chi connectivity index (χ0v) is 13.3. The third-order valence-corrected chi connectivity index (χ3v) is 4.42. The van der Waals surface area contributed by atoms with Gasteiger partial charge < -0.3 is 20.2 Å². The number of carbonyl (C=O) groups is 1. The topological polar surface area (TPSA) is 108 Å². The van der Waals surface area contributed by atoms with Crippen LogP contribution in [0.4, 0.5) is 9.18 Å². The number of rotatable bonds is 4. The van der Waals surface area contributed by atoms with Crippen molar-refractivity contribution in [2.24, 2.45) is 0 Å². The minimum Gasteiger partial charge on any atom is -0.465 e. The van der Waals surface area contributed by atoms with Gasteiger partial charge in [-0.05, 0) is 24.1 Å². The molecule has 0 bridgehead atoms. The number of aliphatic hydroxyl groups excluding tert-OH is 2. The molecule has 0 aliphatic carbocycles. The minimum atomic E-state index is -1.04. The molecule has 24 heavy (non-hydrogen) atoms. The lowest BCUT2D eigenvalue weighted by atomic mass is 9.97. The van der Waals surface area contributed by atoms with Gasteiger partial charge in [-0.2, -0.15) is 5.26 Å². The first-order valence-corrected chi connectivity index (χ1v) is 7.59. The first-order valence-electron chi connectivity index (χ1n) is 7.59. The van der Waals surface area contributed by atoms with E-state index < -0.39 is 24.1 Å². The van der Waals surface area contributed by atoms with Crippen molar-refractivity contribution in [2.75, 3.05) is 32.8 Å². The zero-order valence-electron chi connectivity index (χ0n) is 13.3. The number of amides is 1. The molecule has 7 nitrogen and oxygen atoms in total. The Bertz CT molecular complexity index is 661. The Morgan fingerprint density at radius 2 is 2.21 bits per heavy atom. The molecule has 1 aliphatic heterocycles. The minimum absolute atomic E-state index is 0.0963. The summed E-state index contributed by atoms with van der Waals surface area (Å²) in [6.07, 6.45) is -2.01. The molecule has 1 aromatic carbocycles. The molecule has 1 aliphatic rings. The van der Waals surface area contributed by atoms with E-state index in [0.29, 0.717) is 17.7 Å². The van der Waals surface area contributed by atoms with Crippen molar-refractivity contribution in [3.63, 3.8) is 0 Å². The predicted molar refractivity (Wildman–Crippen MR) is 82.9 cm³/mol. The van der Waals surface area contributed by atoms with Crippen molar-refractivity contribution >= 4 is 6.09 Å². The molecule has 2 rings (SSSR count). The highest BCUT2D eigenvalue weighted by Crippen LogP contribution is 2.24. The molecule has 130 valence electrons. The summed E-state index contributed by atoms with van der Waals surface area (Å²) in [7, 11) is 0. The van der Waals surface area contributed by atoms with Crippen molar-refractivity contribution in [3.05, 3.63) is 34.6 Å². The quantitative estimate of drug-likeness (QED) is 0.746. The lowest BCUT2D eigenvalue weighted by Gasteiger charge is -2.40. The molecule has 8 heteroatoms. The van der Waals surface area contributed by atoms with Gasteiger partial charge in [0.15, 0.2) is 0 Å². The summed E-state index contributed by atoms with van der Waals surface area (Å²) in [6, 6.07) is 3.96. The van der Waals surface area contributed by atoms with Crippen LogP contribution in [0, 0.1) is 24.1 Å². The highest BCUT2D eigenvalue weighted by Gasteiger charge is 2.30. The van der Waals surface area contributed by atoms with Gasteiger partial charge in [-0.3, -0.25) is 4.90 Å². The molecule has 0 aromatic heterocycles. The second-order valence-electron chi connectivity index (χ2n) is 5.82. The summed E-state index contributed by atoms with van der Waals surface area (Å²) < 4.78 is 13.6. The third kappa shape index (κ3) is 3.64. The molecule has 1 fully saturated rings. The Kier molecular flexibility index (Phi) is 5.72. The fraction of sp³-hybridized carbons (Fsp3) is 0.500. The van der Waals surface area contributed by atoms with Crippen LogP contribution in [0.1, 0.15) is 22.8 Å². The van der Waals surface area contributed by atoms with Gasteiger partial charge in [0.25, 0.3) is 0 Å². The van der Waals surface area contributed by atoms with Gasteiger partial charge in [0.05, 0.1) is 24.3 Å². The lowest BCUT2D eigenvalue weighted by Crippen LogP contribution is -2.56. The van der Waals surface area contributed by atoms with E-state index in [9.17, 15) is 19.4 Å². The van der Waals surface area contributed by atoms with Crippen LogP contribution < -0.4 is 0 Å². The Labute approximate surface area is 139 Å². The molecule has 1 saturated heterocycles. The van der Waals surface area contributed by atoms with E-state index in [0.717, 1.165) is 6.07 Å². The van der Waals surface area contributed by atoms with Crippen LogP contribution in [0.2, 0.25) is 0 Å². The number of halogens is 1. The normalized spacial score (nSPS) is 19.8. The highest BCUT2D eigenvalue weighted by molar-refractivity contribution is 5.65. The van der Waals surface area contributed by atoms with Crippen molar-refractivity contribution in [1.29, 1.82) is 5.26 Å². The first kappa shape index (κ1) is 18.1.